The maximum Gasteiger partial charge on any atom is 0.323 e. The number of para-hydroxylation sites is 2. The van der Waals surface area contributed by atoms with Crippen LogP contribution in [0.2, 0.25) is 0 Å². The summed E-state index contributed by atoms with van der Waals surface area (Å²) < 4.78 is 42.5. The van der Waals surface area contributed by atoms with E-state index in [9.17, 15) is 17.6 Å². The molecule has 10 heteroatoms. The van der Waals surface area contributed by atoms with Gasteiger partial charge in [-0.3, -0.25) is 9.62 Å². The van der Waals surface area contributed by atoms with E-state index < -0.39 is 10.0 Å². The van der Waals surface area contributed by atoms with Crippen molar-refractivity contribution in [2.75, 3.05) is 35.0 Å². The Kier molecular flexibility index (Phi) is 5.55. The molecule has 1 N–H and O–H groups in total. The molecule has 2 aliphatic heterocycles. The molecule has 1 saturated heterocycles. The fourth-order valence-corrected chi connectivity index (χ4v) is 6.14. The van der Waals surface area contributed by atoms with Gasteiger partial charge in [0.2, 0.25) is 10.0 Å². The normalized spacial score (nSPS) is 17.1. The van der Waals surface area contributed by atoms with Gasteiger partial charge in [0.05, 0.1) is 23.3 Å². The van der Waals surface area contributed by atoms with Crippen LogP contribution in [-0.4, -0.2) is 54.3 Å². The lowest BCUT2D eigenvalue weighted by Crippen LogP contribution is -2.49. The number of anilines is 2. The van der Waals surface area contributed by atoms with E-state index in [0.717, 1.165) is 11.3 Å². The van der Waals surface area contributed by atoms with Gasteiger partial charge in [0.25, 0.3) is 0 Å². The molecule has 2 amide bonds. The van der Waals surface area contributed by atoms with Crippen molar-refractivity contribution in [3.8, 4) is 5.69 Å². The second-order valence-corrected chi connectivity index (χ2v) is 10.9. The Labute approximate surface area is 198 Å². The predicted octanol–water partition coefficient (Wildman–Crippen LogP) is 3.75. The van der Waals surface area contributed by atoms with Crippen molar-refractivity contribution < 1.29 is 17.6 Å². The van der Waals surface area contributed by atoms with Gasteiger partial charge in [-0.15, -0.1) is 0 Å². The molecule has 178 valence electrons. The number of amides is 2. The molecule has 0 bridgehead atoms. The number of likely N-dealkylation sites (tertiary alicyclic amines) is 1. The summed E-state index contributed by atoms with van der Waals surface area (Å²) >= 11 is 0. The summed E-state index contributed by atoms with van der Waals surface area (Å²) in [5.41, 5.74) is 1.83. The number of halogens is 1. The highest BCUT2D eigenvalue weighted by Crippen LogP contribution is 2.48. The second-order valence-electron chi connectivity index (χ2n) is 8.74. The average molecular weight is 484 g/mol. The van der Waals surface area contributed by atoms with Gasteiger partial charge in [0.1, 0.15) is 12.1 Å². The third-order valence-corrected chi connectivity index (χ3v) is 8.57. The van der Waals surface area contributed by atoms with Crippen molar-refractivity contribution in [1.29, 1.82) is 0 Å². The van der Waals surface area contributed by atoms with Crippen LogP contribution in [0.1, 0.15) is 25.3 Å². The number of nitrogens with zero attached hydrogens (tertiary/aromatic N) is 4. The van der Waals surface area contributed by atoms with Crippen LogP contribution in [0, 0.1) is 5.82 Å². The number of carbonyl (C=O) groups is 1. The van der Waals surface area contributed by atoms with E-state index >= 15 is 0 Å². The first-order valence-corrected chi connectivity index (χ1v) is 12.9. The van der Waals surface area contributed by atoms with Crippen LogP contribution in [0.4, 0.5) is 20.7 Å². The second kappa shape index (κ2) is 8.43. The molecule has 0 radical (unpaired) electrons. The summed E-state index contributed by atoms with van der Waals surface area (Å²) in [6.45, 7) is 3.05. The largest absolute Gasteiger partial charge is 0.324 e. The third-order valence-electron chi connectivity index (χ3n) is 6.85. The SMILES string of the molecule is CCS(=O)(=O)N1CC2(CCN(C(=O)Nc3cn(-c4ccccc4F)cn3)CC2)c2ccccc21. The van der Waals surface area contributed by atoms with Gasteiger partial charge in [-0.1, -0.05) is 30.3 Å². The lowest BCUT2D eigenvalue weighted by molar-refractivity contribution is 0.173. The Balaban J connectivity index is 1.28. The predicted molar refractivity (Wildman–Crippen MR) is 128 cm³/mol. The fourth-order valence-electron chi connectivity index (χ4n) is 4.92. The van der Waals surface area contributed by atoms with Gasteiger partial charge >= 0.3 is 6.03 Å². The quantitative estimate of drug-likeness (QED) is 0.612. The molecular weight excluding hydrogens is 457 g/mol. The first-order valence-electron chi connectivity index (χ1n) is 11.3. The summed E-state index contributed by atoms with van der Waals surface area (Å²) in [7, 11) is -3.38. The minimum atomic E-state index is -3.38. The highest BCUT2D eigenvalue weighted by atomic mass is 32.2. The van der Waals surface area contributed by atoms with Crippen LogP contribution in [0.25, 0.3) is 5.69 Å². The van der Waals surface area contributed by atoms with Crippen LogP contribution < -0.4 is 9.62 Å². The Morgan fingerprint density at radius 2 is 1.76 bits per heavy atom. The summed E-state index contributed by atoms with van der Waals surface area (Å²) in [5.74, 6) is 0.000844. The van der Waals surface area contributed by atoms with Gasteiger partial charge in [-0.05, 0) is 43.5 Å². The third kappa shape index (κ3) is 3.81. The number of urea groups is 1. The van der Waals surface area contributed by atoms with Gasteiger partial charge in [0.15, 0.2) is 5.82 Å². The van der Waals surface area contributed by atoms with Crippen molar-refractivity contribution in [2.24, 2.45) is 0 Å². The molecular formula is C24H26FN5O3S. The van der Waals surface area contributed by atoms with Crippen LogP contribution in [0.5, 0.6) is 0 Å². The smallest absolute Gasteiger partial charge is 0.323 e. The van der Waals surface area contributed by atoms with E-state index in [1.165, 1.54) is 21.3 Å². The number of hydrogen-bond acceptors (Lipinski definition) is 4. The fraction of sp³-hybridized carbons (Fsp3) is 0.333. The number of fused-ring (bicyclic) bond motifs is 2. The van der Waals surface area contributed by atoms with Gasteiger partial charge in [-0.25, -0.2) is 22.6 Å². The van der Waals surface area contributed by atoms with Crippen molar-refractivity contribution >= 4 is 27.6 Å². The molecule has 0 saturated carbocycles. The Bertz CT molecular complexity index is 1330. The molecule has 3 aromatic rings. The maximum atomic E-state index is 14.0. The molecule has 1 spiro atoms. The number of nitrogens with one attached hydrogen (secondary N) is 1. The van der Waals surface area contributed by atoms with E-state index in [-0.39, 0.29) is 23.0 Å². The molecule has 1 fully saturated rings. The standard InChI is InChI=1S/C24H26FN5O3S/c1-2-34(32,33)30-16-24(18-7-3-5-9-20(18)30)11-13-28(14-12-24)23(31)27-22-15-29(17-26-22)21-10-6-4-8-19(21)25/h3-10,15,17H,2,11-14,16H2,1H3,(H,27,31). The first-order chi connectivity index (χ1) is 16.3. The number of imidazole rings is 1. The van der Waals surface area contributed by atoms with Gasteiger partial charge < -0.3 is 9.47 Å². The first kappa shape index (κ1) is 22.4. The number of piperidine rings is 1. The topological polar surface area (TPSA) is 87.5 Å². The minimum absolute atomic E-state index is 0.0471. The molecule has 2 aliphatic rings. The zero-order valence-corrected chi connectivity index (χ0v) is 19.6. The van der Waals surface area contributed by atoms with Crippen LogP contribution in [-0.2, 0) is 15.4 Å². The molecule has 34 heavy (non-hydrogen) atoms. The molecule has 0 aliphatic carbocycles. The number of benzene rings is 2. The molecule has 0 unspecified atom stereocenters. The Hall–Kier alpha value is -3.40. The van der Waals surface area contributed by atoms with Crippen molar-refractivity contribution in [3.63, 3.8) is 0 Å². The lowest BCUT2D eigenvalue weighted by Gasteiger charge is -2.39. The highest BCUT2D eigenvalue weighted by Gasteiger charge is 2.47. The van der Waals surface area contributed by atoms with Crippen LogP contribution in [0.3, 0.4) is 0 Å². The molecule has 1 aromatic heterocycles. The van der Waals surface area contributed by atoms with Crippen LogP contribution in [0.15, 0.2) is 61.1 Å². The van der Waals surface area contributed by atoms with E-state index in [2.05, 4.69) is 10.3 Å². The van der Waals surface area contributed by atoms with Gasteiger partial charge in [0, 0.05) is 25.0 Å². The minimum Gasteiger partial charge on any atom is -0.324 e. The molecule has 5 rings (SSSR count). The Morgan fingerprint density at radius 3 is 2.47 bits per heavy atom. The van der Waals surface area contributed by atoms with Crippen molar-refractivity contribution in [1.82, 2.24) is 14.5 Å². The monoisotopic (exact) mass is 483 g/mol. The molecule has 0 atom stereocenters. The number of rotatable bonds is 4. The summed E-state index contributed by atoms with van der Waals surface area (Å²) in [5, 5.41) is 2.79. The van der Waals surface area contributed by atoms with E-state index in [1.807, 2.05) is 24.3 Å². The van der Waals surface area contributed by atoms with Gasteiger partial charge in [-0.2, -0.15) is 0 Å². The lowest BCUT2D eigenvalue weighted by atomic mass is 9.74. The highest BCUT2D eigenvalue weighted by molar-refractivity contribution is 7.92. The average Bonchev–Trinajstić information content (AvgIpc) is 3.43. The van der Waals surface area contributed by atoms with Crippen molar-refractivity contribution in [3.05, 3.63) is 72.4 Å². The van der Waals surface area contributed by atoms with E-state index in [0.29, 0.717) is 44.0 Å². The molecule has 2 aromatic carbocycles. The summed E-state index contributed by atoms with van der Waals surface area (Å²) in [6.07, 6.45) is 4.35. The zero-order valence-electron chi connectivity index (χ0n) is 18.8. The van der Waals surface area contributed by atoms with E-state index in [4.69, 9.17) is 0 Å². The number of hydrogen-bond donors (Lipinski definition) is 1. The Morgan fingerprint density at radius 1 is 1.09 bits per heavy atom. The number of sulfonamides is 1. The van der Waals surface area contributed by atoms with E-state index in [1.54, 1.807) is 36.2 Å². The summed E-state index contributed by atoms with van der Waals surface area (Å²) in [4.78, 5) is 18.8. The maximum absolute atomic E-state index is 14.0. The number of carbonyl (C=O) groups excluding carboxylic acids is 1. The molecule has 8 nitrogen and oxygen atoms in total. The molecule has 3 heterocycles. The number of aromatic nitrogens is 2. The summed E-state index contributed by atoms with van der Waals surface area (Å²) in [6, 6.07) is 13.7. The zero-order chi connectivity index (χ0) is 23.9. The van der Waals surface area contributed by atoms with Crippen molar-refractivity contribution in [2.45, 2.75) is 25.2 Å². The van der Waals surface area contributed by atoms with Crippen LogP contribution >= 0.6 is 0 Å².